The van der Waals surface area contributed by atoms with Crippen LogP contribution in [0.1, 0.15) is 35.1 Å². The summed E-state index contributed by atoms with van der Waals surface area (Å²) < 4.78 is 5.19. The minimum atomic E-state index is 0.0644. The van der Waals surface area contributed by atoms with Gasteiger partial charge in [-0.3, -0.25) is 0 Å². The van der Waals surface area contributed by atoms with E-state index in [-0.39, 0.29) is 6.04 Å². The number of hydrogen-bond acceptors (Lipinski definition) is 2. The van der Waals surface area contributed by atoms with Crippen LogP contribution in [-0.4, -0.2) is 7.11 Å². The van der Waals surface area contributed by atoms with E-state index < -0.39 is 0 Å². The fourth-order valence-corrected chi connectivity index (χ4v) is 3.02. The van der Waals surface area contributed by atoms with Crippen LogP contribution in [0.3, 0.4) is 0 Å². The first-order valence-corrected chi connectivity index (χ1v) is 6.77. The van der Waals surface area contributed by atoms with E-state index in [1.54, 1.807) is 7.11 Å². The normalized spacial score (nSPS) is 18.9. The third-order valence-electron chi connectivity index (χ3n) is 4.11. The molecule has 0 spiro atoms. The molecule has 2 aromatic rings. The summed E-state index contributed by atoms with van der Waals surface area (Å²) in [6, 6.07) is 16.8. The van der Waals surface area contributed by atoms with Crippen molar-refractivity contribution in [2.75, 3.05) is 7.11 Å². The van der Waals surface area contributed by atoms with Gasteiger partial charge in [0.15, 0.2) is 0 Å². The molecular formula is C17H19NO. The van der Waals surface area contributed by atoms with Gasteiger partial charge in [0.1, 0.15) is 5.75 Å². The summed E-state index contributed by atoms with van der Waals surface area (Å²) in [5.41, 5.74) is 10.5. The summed E-state index contributed by atoms with van der Waals surface area (Å²) in [5, 5.41) is 0. The lowest BCUT2D eigenvalue weighted by Gasteiger charge is -2.21. The van der Waals surface area contributed by atoms with Crippen molar-refractivity contribution in [1.82, 2.24) is 0 Å². The van der Waals surface area contributed by atoms with Gasteiger partial charge in [-0.25, -0.2) is 0 Å². The summed E-state index contributed by atoms with van der Waals surface area (Å²) in [7, 11) is 1.68. The van der Waals surface area contributed by atoms with Gasteiger partial charge in [-0.2, -0.15) is 0 Å². The van der Waals surface area contributed by atoms with E-state index in [2.05, 4.69) is 36.4 Å². The third-order valence-corrected chi connectivity index (χ3v) is 4.11. The molecule has 3 rings (SSSR count). The Morgan fingerprint density at radius 3 is 2.58 bits per heavy atom. The Hall–Kier alpha value is -1.80. The SMILES string of the molecule is COc1ccc(C(N)C2CCc3ccccc32)cc1. The number of methoxy groups -OCH3 is 1. The Bertz CT molecular complexity index is 562. The first-order valence-electron chi connectivity index (χ1n) is 6.77. The zero-order valence-corrected chi connectivity index (χ0v) is 11.2. The maximum Gasteiger partial charge on any atom is 0.118 e. The molecule has 2 heteroatoms. The van der Waals surface area contributed by atoms with Crippen LogP contribution >= 0.6 is 0 Å². The molecule has 2 nitrogen and oxygen atoms in total. The number of nitrogens with two attached hydrogens (primary N) is 1. The maximum atomic E-state index is 6.47. The zero-order valence-electron chi connectivity index (χ0n) is 11.2. The van der Waals surface area contributed by atoms with Crippen molar-refractivity contribution < 1.29 is 4.74 Å². The Labute approximate surface area is 114 Å². The molecule has 1 aliphatic rings. The first kappa shape index (κ1) is 12.2. The van der Waals surface area contributed by atoms with Crippen LogP contribution in [0.25, 0.3) is 0 Å². The number of aryl methyl sites for hydroxylation is 1. The summed E-state index contributed by atoms with van der Waals surface area (Å²) in [6.45, 7) is 0. The smallest absolute Gasteiger partial charge is 0.118 e. The van der Waals surface area contributed by atoms with Gasteiger partial charge < -0.3 is 10.5 Å². The van der Waals surface area contributed by atoms with Crippen LogP contribution in [-0.2, 0) is 6.42 Å². The van der Waals surface area contributed by atoms with Crippen molar-refractivity contribution >= 4 is 0 Å². The second-order valence-corrected chi connectivity index (χ2v) is 5.14. The van der Waals surface area contributed by atoms with E-state index in [9.17, 15) is 0 Å². The molecule has 0 aromatic heterocycles. The fraction of sp³-hybridized carbons (Fsp3) is 0.294. The van der Waals surface area contributed by atoms with Gasteiger partial charge in [0, 0.05) is 12.0 Å². The lowest BCUT2D eigenvalue weighted by atomic mass is 9.89. The largest absolute Gasteiger partial charge is 0.497 e. The van der Waals surface area contributed by atoms with Crippen molar-refractivity contribution in [3.63, 3.8) is 0 Å². The standard InChI is InChI=1S/C17H19NO/c1-19-14-9-6-13(7-10-14)17(18)16-11-8-12-4-2-3-5-15(12)16/h2-7,9-10,16-17H,8,11,18H2,1H3. The van der Waals surface area contributed by atoms with Crippen LogP contribution in [0.5, 0.6) is 5.75 Å². The van der Waals surface area contributed by atoms with E-state index in [0.29, 0.717) is 5.92 Å². The second kappa shape index (κ2) is 5.06. The average molecular weight is 253 g/mol. The van der Waals surface area contributed by atoms with Crippen LogP contribution in [0.4, 0.5) is 0 Å². The minimum Gasteiger partial charge on any atom is -0.497 e. The van der Waals surface area contributed by atoms with Crippen LogP contribution < -0.4 is 10.5 Å². The van der Waals surface area contributed by atoms with Gasteiger partial charge in [-0.15, -0.1) is 0 Å². The molecule has 19 heavy (non-hydrogen) atoms. The molecule has 2 atom stereocenters. The van der Waals surface area contributed by atoms with Crippen LogP contribution in [0.2, 0.25) is 0 Å². The molecule has 0 saturated carbocycles. The Morgan fingerprint density at radius 2 is 1.84 bits per heavy atom. The molecule has 0 bridgehead atoms. The molecule has 2 unspecified atom stereocenters. The predicted octanol–water partition coefficient (Wildman–Crippen LogP) is 3.43. The Morgan fingerprint density at radius 1 is 1.11 bits per heavy atom. The topological polar surface area (TPSA) is 35.2 Å². The van der Waals surface area contributed by atoms with Gasteiger partial charge in [-0.05, 0) is 41.7 Å². The highest BCUT2D eigenvalue weighted by molar-refractivity contribution is 5.39. The van der Waals surface area contributed by atoms with Crippen LogP contribution in [0, 0.1) is 0 Å². The molecule has 0 fully saturated rings. The van der Waals surface area contributed by atoms with Crippen molar-refractivity contribution in [2.24, 2.45) is 5.73 Å². The van der Waals surface area contributed by atoms with Crippen molar-refractivity contribution in [3.8, 4) is 5.75 Å². The van der Waals surface area contributed by atoms with Crippen molar-refractivity contribution in [3.05, 3.63) is 65.2 Å². The second-order valence-electron chi connectivity index (χ2n) is 5.14. The predicted molar refractivity (Wildman–Crippen MR) is 77.4 cm³/mol. The molecule has 0 heterocycles. The van der Waals surface area contributed by atoms with Gasteiger partial charge in [0.2, 0.25) is 0 Å². The molecule has 0 amide bonds. The molecule has 0 saturated heterocycles. The molecule has 1 aliphatic carbocycles. The van der Waals surface area contributed by atoms with Gasteiger partial charge in [-0.1, -0.05) is 36.4 Å². The summed E-state index contributed by atoms with van der Waals surface area (Å²) in [6.07, 6.45) is 2.29. The van der Waals surface area contributed by atoms with Gasteiger partial charge in [0.05, 0.1) is 7.11 Å². The molecule has 98 valence electrons. The molecule has 2 aromatic carbocycles. The number of fused-ring (bicyclic) bond motifs is 1. The number of benzene rings is 2. The van der Waals surface area contributed by atoms with Crippen molar-refractivity contribution in [1.29, 1.82) is 0 Å². The minimum absolute atomic E-state index is 0.0644. The van der Waals surface area contributed by atoms with Crippen molar-refractivity contribution in [2.45, 2.75) is 24.8 Å². The summed E-state index contributed by atoms with van der Waals surface area (Å²) in [5.74, 6) is 1.31. The number of ether oxygens (including phenoxy) is 1. The summed E-state index contributed by atoms with van der Waals surface area (Å²) >= 11 is 0. The third kappa shape index (κ3) is 2.24. The monoisotopic (exact) mass is 253 g/mol. The highest BCUT2D eigenvalue weighted by Crippen LogP contribution is 2.40. The van der Waals surface area contributed by atoms with E-state index in [0.717, 1.165) is 18.6 Å². The lowest BCUT2D eigenvalue weighted by Crippen LogP contribution is -2.18. The lowest BCUT2D eigenvalue weighted by molar-refractivity contribution is 0.414. The Kier molecular flexibility index (Phi) is 3.26. The highest BCUT2D eigenvalue weighted by atomic mass is 16.5. The molecule has 2 N–H and O–H groups in total. The van der Waals surface area contributed by atoms with Gasteiger partial charge >= 0.3 is 0 Å². The summed E-state index contributed by atoms with van der Waals surface area (Å²) in [4.78, 5) is 0. The molecule has 0 radical (unpaired) electrons. The van der Waals surface area contributed by atoms with E-state index >= 15 is 0 Å². The van der Waals surface area contributed by atoms with E-state index in [4.69, 9.17) is 10.5 Å². The Balaban J connectivity index is 1.86. The highest BCUT2D eigenvalue weighted by Gasteiger charge is 2.28. The first-order chi connectivity index (χ1) is 9.29. The fourth-order valence-electron chi connectivity index (χ4n) is 3.02. The number of rotatable bonds is 3. The van der Waals surface area contributed by atoms with Crippen LogP contribution in [0.15, 0.2) is 48.5 Å². The average Bonchev–Trinajstić information content (AvgIpc) is 2.90. The van der Waals surface area contributed by atoms with E-state index in [1.807, 2.05) is 12.1 Å². The van der Waals surface area contributed by atoms with E-state index in [1.165, 1.54) is 16.7 Å². The van der Waals surface area contributed by atoms with Gasteiger partial charge in [0.25, 0.3) is 0 Å². The quantitative estimate of drug-likeness (QED) is 0.909. The zero-order chi connectivity index (χ0) is 13.2. The molecule has 0 aliphatic heterocycles. The molecular weight excluding hydrogens is 234 g/mol. The number of hydrogen-bond donors (Lipinski definition) is 1. The maximum absolute atomic E-state index is 6.47.